The van der Waals surface area contributed by atoms with Crippen molar-refractivity contribution in [3.05, 3.63) is 29.3 Å². The average Bonchev–Trinajstić information content (AvgIpc) is 2.97. The van der Waals surface area contributed by atoms with Crippen molar-refractivity contribution in [2.45, 2.75) is 49.0 Å². The van der Waals surface area contributed by atoms with Crippen molar-refractivity contribution >= 4 is 21.6 Å². The lowest BCUT2D eigenvalue weighted by molar-refractivity contribution is -0.0201. The lowest BCUT2D eigenvalue weighted by Gasteiger charge is -2.38. The van der Waals surface area contributed by atoms with E-state index in [4.69, 9.17) is 16.3 Å². The molecule has 4 atom stereocenters. The minimum Gasteiger partial charge on any atom is -0.394 e. The van der Waals surface area contributed by atoms with Gasteiger partial charge in [0.15, 0.2) is 0 Å². The Labute approximate surface area is 165 Å². The van der Waals surface area contributed by atoms with Gasteiger partial charge in [-0.15, -0.1) is 0 Å². The summed E-state index contributed by atoms with van der Waals surface area (Å²) in [6.45, 7) is 3.57. The molecule has 2 aliphatic rings. The van der Waals surface area contributed by atoms with Gasteiger partial charge in [0.1, 0.15) is 12.2 Å². The number of piperidine rings is 1. The first-order valence-corrected chi connectivity index (χ1v) is 11.1. The van der Waals surface area contributed by atoms with Crippen LogP contribution in [0.2, 0.25) is 5.02 Å². The largest absolute Gasteiger partial charge is 0.394 e. The van der Waals surface area contributed by atoms with Gasteiger partial charge in [0.05, 0.1) is 23.6 Å². The number of aliphatic hydroxyl groups excluding tert-OH is 2. The molecule has 7 nitrogen and oxygen atoms in total. The minimum atomic E-state index is -3.72. The van der Waals surface area contributed by atoms with E-state index in [0.29, 0.717) is 10.9 Å². The zero-order valence-electron chi connectivity index (χ0n) is 15.3. The summed E-state index contributed by atoms with van der Waals surface area (Å²) >= 11 is 5.81. The minimum absolute atomic E-state index is 0.0231. The number of hydrogen-bond donors (Lipinski definition) is 3. The van der Waals surface area contributed by atoms with Crippen molar-refractivity contribution < 1.29 is 23.4 Å². The number of aliphatic hydroxyl groups is 2. The van der Waals surface area contributed by atoms with Crippen LogP contribution in [0.5, 0.6) is 0 Å². The van der Waals surface area contributed by atoms with Gasteiger partial charge >= 0.3 is 0 Å². The lowest BCUT2D eigenvalue weighted by atomic mass is 9.94. The highest BCUT2D eigenvalue weighted by Gasteiger charge is 2.46. The molecule has 0 unspecified atom stereocenters. The van der Waals surface area contributed by atoms with Gasteiger partial charge in [0.25, 0.3) is 0 Å². The summed E-state index contributed by atoms with van der Waals surface area (Å²) in [5.41, 5.74) is 0. The Morgan fingerprint density at radius 1 is 1.22 bits per heavy atom. The molecule has 2 heterocycles. The van der Waals surface area contributed by atoms with E-state index in [1.54, 1.807) is 0 Å². The molecule has 2 saturated heterocycles. The summed E-state index contributed by atoms with van der Waals surface area (Å²) < 4.78 is 33.4. The maximum Gasteiger partial charge on any atom is 0.240 e. The second-order valence-electron chi connectivity index (χ2n) is 7.40. The van der Waals surface area contributed by atoms with Crippen LogP contribution in [0.1, 0.15) is 19.8 Å². The molecular formula is C18H27ClN2O5S. The van der Waals surface area contributed by atoms with Crippen molar-refractivity contribution in [2.75, 3.05) is 26.2 Å². The van der Waals surface area contributed by atoms with Gasteiger partial charge in [0, 0.05) is 11.6 Å². The van der Waals surface area contributed by atoms with Gasteiger partial charge in [-0.2, -0.15) is 0 Å². The molecule has 2 fully saturated rings. The number of hydrogen-bond acceptors (Lipinski definition) is 6. The standard InChI is InChI=1S/C18H27ClN2O5S/c1-12-6-8-21(9-7-12)17-15(26-16(11-22)18(17)23)10-20-27(24,25)14-4-2-13(19)3-5-14/h2-5,12,15-18,20,22-23H,6-11H2,1H3/t15-,16+,17+,18-/m1/s1. The Hall–Kier alpha value is -0.740. The molecule has 9 heteroatoms. The molecular weight excluding hydrogens is 392 g/mol. The van der Waals surface area contributed by atoms with Crippen molar-refractivity contribution in [3.8, 4) is 0 Å². The fourth-order valence-corrected chi connectivity index (χ4v) is 4.98. The summed E-state index contributed by atoms with van der Waals surface area (Å²) in [4.78, 5) is 2.27. The molecule has 2 aliphatic heterocycles. The first kappa shape index (κ1) is 21.0. The SMILES string of the molecule is CC1CCN([C@@H]2[C@H](O)[C@H](CO)O[C@@H]2CNS(=O)(=O)c2ccc(Cl)cc2)CC1. The lowest BCUT2D eigenvalue weighted by Crippen LogP contribution is -2.53. The van der Waals surface area contributed by atoms with Crippen LogP contribution in [0.15, 0.2) is 29.2 Å². The number of rotatable bonds is 6. The summed E-state index contributed by atoms with van der Waals surface area (Å²) in [7, 11) is -3.72. The Morgan fingerprint density at radius 3 is 2.44 bits per heavy atom. The molecule has 0 bridgehead atoms. The molecule has 0 spiro atoms. The monoisotopic (exact) mass is 418 g/mol. The number of nitrogens with one attached hydrogen (secondary N) is 1. The van der Waals surface area contributed by atoms with Crippen LogP contribution in [0, 0.1) is 5.92 Å². The fraction of sp³-hybridized carbons (Fsp3) is 0.667. The summed E-state index contributed by atoms with van der Waals surface area (Å²) in [5, 5.41) is 20.5. The van der Waals surface area contributed by atoms with E-state index in [9.17, 15) is 18.6 Å². The predicted octanol–water partition coefficient (Wildman–Crippen LogP) is 0.839. The highest BCUT2D eigenvalue weighted by molar-refractivity contribution is 7.89. The second kappa shape index (κ2) is 8.73. The average molecular weight is 419 g/mol. The Bertz CT molecular complexity index is 722. The molecule has 3 N–H and O–H groups in total. The molecule has 27 heavy (non-hydrogen) atoms. The normalized spacial score (nSPS) is 30.7. The predicted molar refractivity (Wildman–Crippen MR) is 102 cm³/mol. The van der Waals surface area contributed by atoms with Crippen LogP contribution in [0.4, 0.5) is 0 Å². The molecule has 0 amide bonds. The van der Waals surface area contributed by atoms with Gasteiger partial charge in [-0.1, -0.05) is 18.5 Å². The van der Waals surface area contributed by atoms with Gasteiger partial charge in [0.2, 0.25) is 10.0 Å². The number of likely N-dealkylation sites (tertiary alicyclic amines) is 1. The van der Waals surface area contributed by atoms with Crippen LogP contribution < -0.4 is 4.72 Å². The second-order valence-corrected chi connectivity index (χ2v) is 9.60. The molecule has 0 aromatic heterocycles. The highest BCUT2D eigenvalue weighted by atomic mass is 35.5. The number of ether oxygens (including phenoxy) is 1. The van der Waals surface area contributed by atoms with Crippen LogP contribution >= 0.6 is 11.6 Å². The van der Waals surface area contributed by atoms with E-state index in [1.165, 1.54) is 24.3 Å². The summed E-state index contributed by atoms with van der Waals surface area (Å²) in [5.74, 6) is 0.635. The van der Waals surface area contributed by atoms with E-state index in [2.05, 4.69) is 16.5 Å². The van der Waals surface area contributed by atoms with E-state index in [-0.39, 0.29) is 24.1 Å². The molecule has 3 rings (SSSR count). The van der Waals surface area contributed by atoms with Crippen LogP contribution in [-0.2, 0) is 14.8 Å². The van der Waals surface area contributed by atoms with Gasteiger partial charge in [-0.05, 0) is 56.1 Å². The Kier molecular flexibility index (Phi) is 6.79. The molecule has 0 saturated carbocycles. The van der Waals surface area contributed by atoms with Crippen molar-refractivity contribution in [3.63, 3.8) is 0 Å². The third-order valence-electron chi connectivity index (χ3n) is 5.48. The molecule has 1 aromatic rings. The van der Waals surface area contributed by atoms with Crippen molar-refractivity contribution in [2.24, 2.45) is 5.92 Å². The van der Waals surface area contributed by atoms with Crippen LogP contribution in [0.3, 0.4) is 0 Å². The Balaban J connectivity index is 1.70. The summed E-state index contributed by atoms with van der Waals surface area (Å²) in [6.07, 6.45) is -0.0487. The fourth-order valence-electron chi connectivity index (χ4n) is 3.81. The maximum atomic E-state index is 12.5. The molecule has 152 valence electrons. The smallest absolute Gasteiger partial charge is 0.240 e. The van der Waals surface area contributed by atoms with Gasteiger partial charge < -0.3 is 14.9 Å². The summed E-state index contributed by atoms with van der Waals surface area (Å²) in [6, 6.07) is 5.57. The molecule has 0 radical (unpaired) electrons. The zero-order valence-corrected chi connectivity index (χ0v) is 16.9. The van der Waals surface area contributed by atoms with Gasteiger partial charge in [-0.3, -0.25) is 4.90 Å². The molecule has 0 aliphatic carbocycles. The first-order valence-electron chi connectivity index (χ1n) is 9.25. The van der Waals surface area contributed by atoms with Crippen molar-refractivity contribution in [1.29, 1.82) is 0 Å². The van der Waals surface area contributed by atoms with E-state index in [1.807, 2.05) is 0 Å². The number of nitrogens with zero attached hydrogens (tertiary/aromatic N) is 1. The maximum absolute atomic E-state index is 12.5. The van der Waals surface area contributed by atoms with Crippen LogP contribution in [-0.4, -0.2) is 74.1 Å². The first-order chi connectivity index (χ1) is 12.8. The van der Waals surface area contributed by atoms with E-state index in [0.717, 1.165) is 25.9 Å². The number of sulfonamides is 1. The third kappa shape index (κ3) is 4.82. The van der Waals surface area contributed by atoms with Crippen molar-refractivity contribution in [1.82, 2.24) is 9.62 Å². The van der Waals surface area contributed by atoms with Crippen LogP contribution in [0.25, 0.3) is 0 Å². The quantitative estimate of drug-likeness (QED) is 0.633. The number of halogens is 1. The zero-order chi connectivity index (χ0) is 19.6. The highest BCUT2D eigenvalue weighted by Crippen LogP contribution is 2.29. The number of benzene rings is 1. The van der Waals surface area contributed by atoms with E-state index >= 15 is 0 Å². The Morgan fingerprint density at radius 2 is 1.85 bits per heavy atom. The molecule has 1 aromatic carbocycles. The van der Waals surface area contributed by atoms with Gasteiger partial charge in [-0.25, -0.2) is 13.1 Å². The van der Waals surface area contributed by atoms with E-state index < -0.39 is 28.3 Å². The topological polar surface area (TPSA) is 99.1 Å². The third-order valence-corrected chi connectivity index (χ3v) is 7.17.